The van der Waals surface area contributed by atoms with Crippen molar-refractivity contribution in [2.24, 2.45) is 0 Å². The van der Waals surface area contributed by atoms with E-state index in [0.717, 1.165) is 56.2 Å². The molecule has 6 nitrogen and oxygen atoms in total. The van der Waals surface area contributed by atoms with Gasteiger partial charge in [-0.1, -0.05) is 0 Å². The zero-order valence-corrected chi connectivity index (χ0v) is 15.0. The first-order chi connectivity index (χ1) is 12.1. The van der Waals surface area contributed by atoms with Crippen molar-refractivity contribution < 1.29 is 14.3 Å². The molecule has 0 aromatic carbocycles. The number of amides is 1. The van der Waals surface area contributed by atoms with Crippen molar-refractivity contribution in [1.29, 1.82) is 0 Å². The van der Waals surface area contributed by atoms with Gasteiger partial charge in [-0.2, -0.15) is 0 Å². The number of aromatic nitrogens is 1. The molecule has 3 atom stereocenters. The predicted molar refractivity (Wildman–Crippen MR) is 92.9 cm³/mol. The minimum absolute atomic E-state index is 0.0312. The molecule has 136 valence electrons. The van der Waals surface area contributed by atoms with Gasteiger partial charge in [0, 0.05) is 26.5 Å². The largest absolute Gasteiger partial charge is 0.381 e. The molecule has 25 heavy (non-hydrogen) atoms. The number of rotatable bonds is 3. The molecular formula is C19H26N2O4. The van der Waals surface area contributed by atoms with Crippen LogP contribution in [-0.4, -0.2) is 54.3 Å². The van der Waals surface area contributed by atoms with Gasteiger partial charge in [0.1, 0.15) is 5.56 Å². The fraction of sp³-hybridized carbons (Fsp3) is 0.684. The van der Waals surface area contributed by atoms with E-state index < -0.39 is 0 Å². The number of methoxy groups -OCH3 is 2. The average molecular weight is 346 g/mol. The van der Waals surface area contributed by atoms with Gasteiger partial charge in [0.05, 0.1) is 17.7 Å². The Morgan fingerprint density at radius 3 is 2.92 bits per heavy atom. The molecule has 1 aliphatic heterocycles. The van der Waals surface area contributed by atoms with Crippen molar-refractivity contribution in [1.82, 2.24) is 9.88 Å². The molecule has 3 aliphatic rings. The molecule has 2 fully saturated rings. The SMILES string of the molecule is CO[C@H]1CC[C@@]2(OC)CCN(C(=O)c3cc4c([nH]c3=O)CCC4)[C@H]2C1. The summed E-state index contributed by atoms with van der Waals surface area (Å²) in [5, 5.41) is 0. The molecular weight excluding hydrogens is 320 g/mol. The van der Waals surface area contributed by atoms with Crippen LogP contribution >= 0.6 is 0 Å². The number of hydrogen-bond acceptors (Lipinski definition) is 4. The van der Waals surface area contributed by atoms with Crippen LogP contribution in [0.15, 0.2) is 10.9 Å². The second kappa shape index (κ2) is 6.25. The number of aryl methyl sites for hydroxylation is 2. The van der Waals surface area contributed by atoms with Crippen LogP contribution in [0.3, 0.4) is 0 Å². The highest BCUT2D eigenvalue weighted by Crippen LogP contribution is 2.43. The first-order valence-corrected chi connectivity index (χ1v) is 9.22. The third-order valence-electron chi connectivity index (χ3n) is 6.45. The van der Waals surface area contributed by atoms with Crippen molar-refractivity contribution in [2.45, 2.75) is 62.7 Å². The predicted octanol–water partition coefficient (Wildman–Crippen LogP) is 1.66. The smallest absolute Gasteiger partial charge is 0.261 e. The number of ether oxygens (including phenoxy) is 2. The van der Waals surface area contributed by atoms with Gasteiger partial charge < -0.3 is 19.4 Å². The van der Waals surface area contributed by atoms with Gasteiger partial charge in [-0.05, 0) is 56.6 Å². The molecule has 4 rings (SSSR count). The molecule has 0 spiro atoms. The molecule has 2 heterocycles. The lowest BCUT2D eigenvalue weighted by atomic mass is 9.79. The number of likely N-dealkylation sites (tertiary alicyclic amines) is 1. The highest BCUT2D eigenvalue weighted by atomic mass is 16.5. The Morgan fingerprint density at radius 1 is 1.32 bits per heavy atom. The van der Waals surface area contributed by atoms with Gasteiger partial charge in [-0.15, -0.1) is 0 Å². The number of nitrogens with one attached hydrogen (secondary N) is 1. The van der Waals surface area contributed by atoms with Gasteiger partial charge in [-0.25, -0.2) is 0 Å². The lowest BCUT2D eigenvalue weighted by Gasteiger charge is -2.43. The molecule has 1 amide bonds. The van der Waals surface area contributed by atoms with Crippen molar-refractivity contribution in [3.8, 4) is 0 Å². The Labute approximate surface area is 147 Å². The number of H-pyrrole nitrogens is 1. The zero-order valence-electron chi connectivity index (χ0n) is 15.0. The Hall–Kier alpha value is -1.66. The topological polar surface area (TPSA) is 71.6 Å². The first-order valence-electron chi connectivity index (χ1n) is 9.22. The normalized spacial score (nSPS) is 31.0. The maximum atomic E-state index is 13.2. The van der Waals surface area contributed by atoms with E-state index in [4.69, 9.17) is 9.47 Å². The summed E-state index contributed by atoms with van der Waals surface area (Å²) in [6, 6.07) is 1.78. The summed E-state index contributed by atoms with van der Waals surface area (Å²) in [6.07, 6.45) is 6.42. The van der Waals surface area contributed by atoms with Crippen LogP contribution in [0.4, 0.5) is 0 Å². The molecule has 0 bridgehead atoms. The van der Waals surface area contributed by atoms with Crippen molar-refractivity contribution in [2.75, 3.05) is 20.8 Å². The maximum absolute atomic E-state index is 13.2. The minimum atomic E-state index is -0.297. The fourth-order valence-corrected chi connectivity index (χ4v) is 4.95. The number of carbonyl (C=O) groups excluding carboxylic acids is 1. The molecule has 1 saturated carbocycles. The molecule has 2 aliphatic carbocycles. The lowest BCUT2D eigenvalue weighted by Crippen LogP contribution is -2.53. The van der Waals surface area contributed by atoms with E-state index in [1.165, 1.54) is 0 Å². The summed E-state index contributed by atoms with van der Waals surface area (Å²) in [4.78, 5) is 30.4. The van der Waals surface area contributed by atoms with Gasteiger partial charge in [0.25, 0.3) is 11.5 Å². The van der Waals surface area contributed by atoms with Crippen LogP contribution in [0, 0.1) is 0 Å². The summed E-state index contributed by atoms with van der Waals surface area (Å²) < 4.78 is 11.4. The van der Waals surface area contributed by atoms with E-state index >= 15 is 0 Å². The molecule has 0 unspecified atom stereocenters. The van der Waals surface area contributed by atoms with Crippen molar-refractivity contribution >= 4 is 5.91 Å². The Kier molecular flexibility index (Phi) is 4.20. The van der Waals surface area contributed by atoms with Crippen LogP contribution < -0.4 is 5.56 Å². The molecule has 1 aromatic heterocycles. The molecule has 1 N–H and O–H groups in total. The number of hydrogen-bond donors (Lipinski definition) is 1. The maximum Gasteiger partial charge on any atom is 0.261 e. The quantitative estimate of drug-likeness (QED) is 0.904. The van der Waals surface area contributed by atoms with Crippen LogP contribution in [0.1, 0.15) is 53.7 Å². The van der Waals surface area contributed by atoms with Crippen molar-refractivity contribution in [3.05, 3.63) is 33.2 Å². The minimum Gasteiger partial charge on any atom is -0.381 e. The lowest BCUT2D eigenvalue weighted by molar-refractivity contribution is -0.0893. The molecule has 6 heteroatoms. The Bertz CT molecular complexity index is 743. The Balaban J connectivity index is 1.65. The highest BCUT2D eigenvalue weighted by Gasteiger charge is 2.52. The monoisotopic (exact) mass is 346 g/mol. The molecule has 1 saturated heterocycles. The number of fused-ring (bicyclic) bond motifs is 2. The van der Waals surface area contributed by atoms with E-state index in [-0.39, 0.29) is 34.8 Å². The zero-order chi connectivity index (χ0) is 17.6. The summed E-state index contributed by atoms with van der Waals surface area (Å²) in [7, 11) is 3.45. The number of aromatic amines is 1. The number of pyridine rings is 1. The van der Waals surface area contributed by atoms with Crippen LogP contribution in [0.25, 0.3) is 0 Å². The van der Waals surface area contributed by atoms with Gasteiger partial charge >= 0.3 is 0 Å². The average Bonchev–Trinajstić information content (AvgIpc) is 3.23. The van der Waals surface area contributed by atoms with Crippen LogP contribution in [0.5, 0.6) is 0 Å². The third-order valence-corrected chi connectivity index (χ3v) is 6.45. The van der Waals surface area contributed by atoms with Gasteiger partial charge in [-0.3, -0.25) is 9.59 Å². The van der Waals surface area contributed by atoms with Crippen molar-refractivity contribution in [3.63, 3.8) is 0 Å². The highest BCUT2D eigenvalue weighted by molar-refractivity contribution is 5.94. The summed E-state index contributed by atoms with van der Waals surface area (Å²) >= 11 is 0. The van der Waals surface area contributed by atoms with E-state index in [9.17, 15) is 9.59 Å². The van der Waals surface area contributed by atoms with Gasteiger partial charge in [0.2, 0.25) is 0 Å². The van der Waals surface area contributed by atoms with E-state index in [1.54, 1.807) is 14.2 Å². The first kappa shape index (κ1) is 16.8. The molecule has 1 aromatic rings. The summed E-state index contributed by atoms with van der Waals surface area (Å²) in [6.45, 7) is 0.629. The third kappa shape index (κ3) is 2.62. The number of nitrogens with zero attached hydrogens (tertiary/aromatic N) is 1. The fourth-order valence-electron chi connectivity index (χ4n) is 4.95. The summed E-state index contributed by atoms with van der Waals surface area (Å²) in [5.41, 5.74) is 1.81. The standard InChI is InChI=1S/C19H26N2O4/c1-24-13-6-7-19(25-2)8-9-21(16(19)11-13)18(23)14-10-12-4-3-5-15(12)20-17(14)22/h10,13,16H,3-9,11H2,1-2H3,(H,20,22)/t13-,16-,19+/m0/s1. The second-order valence-electron chi connectivity index (χ2n) is 7.53. The van der Waals surface area contributed by atoms with E-state index in [2.05, 4.69) is 4.98 Å². The Morgan fingerprint density at radius 2 is 2.16 bits per heavy atom. The van der Waals surface area contributed by atoms with Crippen LogP contribution in [0.2, 0.25) is 0 Å². The second-order valence-corrected chi connectivity index (χ2v) is 7.53. The van der Waals surface area contributed by atoms with E-state index in [1.807, 2.05) is 11.0 Å². The van der Waals surface area contributed by atoms with Crippen LogP contribution in [-0.2, 0) is 22.3 Å². The van der Waals surface area contributed by atoms with E-state index in [0.29, 0.717) is 6.54 Å². The van der Waals surface area contributed by atoms with Gasteiger partial charge in [0.15, 0.2) is 0 Å². The molecule has 0 radical (unpaired) electrons. The number of carbonyl (C=O) groups is 1. The summed E-state index contributed by atoms with van der Waals surface area (Å²) in [5.74, 6) is -0.170.